The topological polar surface area (TPSA) is 77.0 Å². The highest BCUT2D eigenvalue weighted by atomic mass is 19.3. The Morgan fingerprint density at radius 1 is 1.07 bits per heavy atom. The van der Waals surface area contributed by atoms with Crippen LogP contribution in [0, 0.1) is 20.8 Å². The van der Waals surface area contributed by atoms with Crippen LogP contribution < -0.4 is 5.73 Å². The first kappa shape index (κ1) is 22.3. The van der Waals surface area contributed by atoms with Crippen molar-refractivity contribution in [2.24, 2.45) is 4.99 Å². The highest BCUT2D eigenvalue weighted by molar-refractivity contribution is 5.83. The zero-order valence-corrected chi connectivity index (χ0v) is 16.8. The minimum absolute atomic E-state index is 0.0278. The predicted octanol–water partition coefficient (Wildman–Crippen LogP) is 5.21. The molecule has 146 valence electrons. The van der Waals surface area contributed by atoms with Crippen molar-refractivity contribution in [1.29, 1.82) is 0 Å². The Morgan fingerprint density at radius 2 is 1.59 bits per heavy atom. The third-order valence-electron chi connectivity index (χ3n) is 3.61. The quantitative estimate of drug-likeness (QED) is 0.744. The molecule has 0 aliphatic heterocycles. The van der Waals surface area contributed by atoms with Crippen molar-refractivity contribution in [3.63, 3.8) is 0 Å². The molecule has 0 fully saturated rings. The number of alkyl halides is 2. The van der Waals surface area contributed by atoms with Gasteiger partial charge < -0.3 is 5.73 Å². The summed E-state index contributed by atoms with van der Waals surface area (Å²) in [6.45, 7) is 15.3. The zero-order chi connectivity index (χ0) is 20.7. The molecule has 2 heterocycles. The monoisotopic (exact) mass is 375 g/mol. The van der Waals surface area contributed by atoms with Gasteiger partial charge in [-0.1, -0.05) is 13.5 Å². The molecule has 0 aliphatic rings. The summed E-state index contributed by atoms with van der Waals surface area (Å²) < 4.78 is 21.5. The average Bonchev–Trinajstić information content (AvgIpc) is 2.55. The largest absolute Gasteiger partial charge is 0.368 e. The molecule has 0 saturated heterocycles. The maximum Gasteiger partial charge on any atom is 0.238 e. The lowest BCUT2D eigenvalue weighted by molar-refractivity contribution is 0.144. The Kier molecular flexibility index (Phi) is 8.15. The fraction of sp³-hybridized carbons (Fsp3) is 0.400. The van der Waals surface area contributed by atoms with E-state index >= 15 is 0 Å². The summed E-state index contributed by atoms with van der Waals surface area (Å²) in [5.74, 6) is 0.277. The molecule has 0 unspecified atom stereocenters. The lowest BCUT2D eigenvalue weighted by Crippen LogP contribution is -2.05. The van der Waals surface area contributed by atoms with Gasteiger partial charge >= 0.3 is 0 Å². The molecule has 2 rings (SSSR count). The van der Waals surface area contributed by atoms with Crippen LogP contribution >= 0.6 is 0 Å². The molecule has 0 saturated carbocycles. The van der Waals surface area contributed by atoms with E-state index in [2.05, 4.69) is 26.5 Å². The van der Waals surface area contributed by atoms with Gasteiger partial charge in [-0.2, -0.15) is 0 Å². The molecular weight excluding hydrogens is 348 g/mol. The fourth-order valence-electron chi connectivity index (χ4n) is 2.39. The number of pyridine rings is 1. The number of nitrogen functional groups attached to an aromatic ring is 1. The van der Waals surface area contributed by atoms with E-state index in [1.54, 1.807) is 0 Å². The van der Waals surface area contributed by atoms with Crippen LogP contribution in [-0.4, -0.2) is 27.1 Å². The van der Waals surface area contributed by atoms with Crippen LogP contribution in [0.3, 0.4) is 0 Å². The van der Waals surface area contributed by atoms with Gasteiger partial charge in [-0.15, -0.1) is 0 Å². The highest BCUT2D eigenvalue weighted by Crippen LogP contribution is 2.27. The lowest BCUT2D eigenvalue weighted by Gasteiger charge is -2.12. The Balaban J connectivity index is 0.000000646. The second kappa shape index (κ2) is 9.85. The number of aryl methyl sites for hydroxylation is 3. The summed E-state index contributed by atoms with van der Waals surface area (Å²) in [5, 5.41) is 0. The summed E-state index contributed by atoms with van der Waals surface area (Å²) in [7, 11) is 0. The van der Waals surface area contributed by atoms with Gasteiger partial charge in [0.1, 0.15) is 0 Å². The highest BCUT2D eigenvalue weighted by Gasteiger charge is 2.14. The van der Waals surface area contributed by atoms with E-state index in [1.807, 2.05) is 46.8 Å². The Morgan fingerprint density at radius 3 is 2.00 bits per heavy atom. The summed E-state index contributed by atoms with van der Waals surface area (Å²) in [6.07, 6.45) is -2.14. The number of hydrogen-bond donors (Lipinski definition) is 1. The molecule has 7 heteroatoms. The van der Waals surface area contributed by atoms with Gasteiger partial charge in [-0.3, -0.25) is 9.98 Å². The maximum atomic E-state index is 10.8. The number of nitrogens with zero attached hydrogens (tertiary/aromatic N) is 4. The SMILES string of the molecule is C=C(c1ccc(N=C(C)C)c(C)n1)c1c(C)nc(N)nc1C.CCC(F)F. The number of nitrogens with two attached hydrogens (primary N) is 1. The lowest BCUT2D eigenvalue weighted by atomic mass is 10.0. The molecular formula is C20H27F2N5. The second-order valence-corrected chi connectivity index (χ2v) is 6.27. The first-order valence-electron chi connectivity index (χ1n) is 8.64. The third kappa shape index (κ3) is 6.51. The van der Waals surface area contributed by atoms with Crippen molar-refractivity contribution < 1.29 is 8.78 Å². The van der Waals surface area contributed by atoms with Crippen molar-refractivity contribution in [1.82, 2.24) is 15.0 Å². The number of halogens is 2. The molecule has 0 aliphatic carbocycles. The van der Waals surface area contributed by atoms with Crippen LogP contribution in [0.2, 0.25) is 0 Å². The van der Waals surface area contributed by atoms with Crippen LogP contribution in [0.1, 0.15) is 55.5 Å². The predicted molar refractivity (Wildman–Crippen MR) is 108 cm³/mol. The Bertz CT molecular complexity index is 817. The van der Waals surface area contributed by atoms with Gasteiger partial charge in [0, 0.05) is 23.3 Å². The molecule has 0 radical (unpaired) electrons. The average molecular weight is 375 g/mol. The van der Waals surface area contributed by atoms with Crippen molar-refractivity contribution in [3.8, 4) is 0 Å². The molecule has 0 aromatic carbocycles. The van der Waals surface area contributed by atoms with Gasteiger partial charge in [0.15, 0.2) is 0 Å². The van der Waals surface area contributed by atoms with E-state index in [9.17, 15) is 8.78 Å². The minimum atomic E-state index is -2.12. The molecule has 2 N–H and O–H groups in total. The maximum absolute atomic E-state index is 10.8. The molecule has 0 amide bonds. The number of anilines is 1. The van der Waals surface area contributed by atoms with Gasteiger partial charge in [-0.25, -0.2) is 18.7 Å². The molecule has 0 spiro atoms. The van der Waals surface area contributed by atoms with Gasteiger partial charge in [0.2, 0.25) is 12.4 Å². The van der Waals surface area contributed by atoms with E-state index < -0.39 is 6.43 Å². The number of aliphatic imine (C=N–C) groups is 1. The molecule has 2 aromatic heterocycles. The smallest absolute Gasteiger partial charge is 0.238 e. The van der Waals surface area contributed by atoms with Gasteiger partial charge in [0.25, 0.3) is 0 Å². The summed E-state index contributed by atoms with van der Waals surface area (Å²) in [4.78, 5) is 17.5. The van der Waals surface area contributed by atoms with Gasteiger partial charge in [0.05, 0.1) is 28.5 Å². The standard InChI is InChI=1S/C17H21N5.C3H6F2/c1-9(2)19-15-8-7-14(20-11(15)4)10(3)16-12(5)21-17(18)22-13(16)6;1-2-3(4)5/h7-8H,3H2,1-2,4-6H3,(H2,18,21,22);3H,2H2,1H3. The molecule has 0 bridgehead atoms. The number of aromatic nitrogens is 3. The van der Waals surface area contributed by atoms with E-state index in [4.69, 9.17) is 5.73 Å². The van der Waals surface area contributed by atoms with E-state index in [0.717, 1.165) is 45.3 Å². The van der Waals surface area contributed by atoms with Crippen molar-refractivity contribution in [2.75, 3.05) is 5.73 Å². The second-order valence-electron chi connectivity index (χ2n) is 6.27. The van der Waals surface area contributed by atoms with E-state index in [1.165, 1.54) is 6.92 Å². The molecule has 0 atom stereocenters. The van der Waals surface area contributed by atoms with Crippen LogP contribution in [-0.2, 0) is 0 Å². The van der Waals surface area contributed by atoms with Crippen LogP contribution in [0.4, 0.5) is 20.4 Å². The van der Waals surface area contributed by atoms with Crippen molar-refractivity contribution in [3.05, 3.63) is 47.1 Å². The fourth-order valence-corrected chi connectivity index (χ4v) is 2.39. The number of rotatable bonds is 4. The first-order chi connectivity index (χ1) is 12.6. The summed E-state index contributed by atoms with van der Waals surface area (Å²) in [5.41, 5.74) is 12.5. The van der Waals surface area contributed by atoms with E-state index in [0.29, 0.717) is 0 Å². The molecule has 5 nitrogen and oxygen atoms in total. The van der Waals surface area contributed by atoms with Gasteiger partial charge in [-0.05, 0) is 46.8 Å². The minimum Gasteiger partial charge on any atom is -0.368 e. The third-order valence-corrected chi connectivity index (χ3v) is 3.61. The molecule has 2 aromatic rings. The van der Waals surface area contributed by atoms with Crippen molar-refractivity contribution >= 4 is 22.9 Å². The van der Waals surface area contributed by atoms with E-state index in [-0.39, 0.29) is 12.4 Å². The normalized spacial score (nSPS) is 10.3. The molecule has 27 heavy (non-hydrogen) atoms. The van der Waals surface area contributed by atoms with Crippen LogP contribution in [0.15, 0.2) is 23.7 Å². The first-order valence-corrected chi connectivity index (χ1v) is 8.64. The van der Waals surface area contributed by atoms with Crippen LogP contribution in [0.5, 0.6) is 0 Å². The Labute approximate surface area is 159 Å². The van der Waals surface area contributed by atoms with Crippen LogP contribution in [0.25, 0.3) is 5.57 Å². The Hall–Kier alpha value is -2.70. The zero-order valence-electron chi connectivity index (χ0n) is 16.8. The summed E-state index contributed by atoms with van der Waals surface area (Å²) in [6, 6.07) is 3.88. The van der Waals surface area contributed by atoms with Crippen molar-refractivity contribution in [2.45, 2.75) is 54.4 Å². The summed E-state index contributed by atoms with van der Waals surface area (Å²) >= 11 is 0. The number of hydrogen-bond acceptors (Lipinski definition) is 5.